The van der Waals surface area contributed by atoms with Crippen LogP contribution in [0.3, 0.4) is 0 Å². The third kappa shape index (κ3) is 3.31. The first-order chi connectivity index (χ1) is 11.8. The number of carbonyl (C=O) groups is 1. The van der Waals surface area contributed by atoms with Crippen molar-refractivity contribution < 1.29 is 4.79 Å². The Morgan fingerprint density at radius 1 is 1.12 bits per heavy atom. The summed E-state index contributed by atoms with van der Waals surface area (Å²) in [5.74, 6) is 0.0363. The number of rotatable bonds is 3. The molecule has 2 aromatic rings. The molecule has 0 atom stereocenters. The average molecular weight is 326 g/mol. The van der Waals surface area contributed by atoms with Gasteiger partial charge < -0.3 is 10.2 Å². The summed E-state index contributed by atoms with van der Waals surface area (Å²) in [7, 11) is 0. The number of amides is 1. The minimum atomic E-state index is 0.0363. The molecule has 128 valence electrons. The molecule has 5 nitrogen and oxygen atoms in total. The summed E-state index contributed by atoms with van der Waals surface area (Å²) in [6.07, 6.45) is 10.8. The summed E-state index contributed by atoms with van der Waals surface area (Å²) < 4.78 is 0. The van der Waals surface area contributed by atoms with E-state index >= 15 is 0 Å². The van der Waals surface area contributed by atoms with Crippen molar-refractivity contribution in [2.75, 3.05) is 13.1 Å². The molecule has 0 spiro atoms. The molecule has 0 radical (unpaired) electrons. The Hall–Kier alpha value is -1.88. The predicted octanol–water partition coefficient (Wildman–Crippen LogP) is 3.09. The monoisotopic (exact) mass is 326 g/mol. The van der Waals surface area contributed by atoms with Crippen LogP contribution in [-0.2, 0) is 0 Å². The van der Waals surface area contributed by atoms with Crippen LogP contribution in [0.5, 0.6) is 0 Å². The number of likely N-dealkylation sites (tertiary alicyclic amines) is 1. The van der Waals surface area contributed by atoms with Crippen LogP contribution in [0.2, 0.25) is 0 Å². The molecule has 1 saturated heterocycles. The van der Waals surface area contributed by atoms with Gasteiger partial charge in [0.15, 0.2) is 0 Å². The zero-order valence-electron chi connectivity index (χ0n) is 14.1. The number of H-pyrrole nitrogens is 1. The first-order valence-corrected chi connectivity index (χ1v) is 9.27. The van der Waals surface area contributed by atoms with Gasteiger partial charge in [-0.2, -0.15) is 5.10 Å². The lowest BCUT2D eigenvalue weighted by molar-refractivity contribution is 0.0865. The lowest BCUT2D eigenvalue weighted by Crippen LogP contribution is -2.48. The van der Waals surface area contributed by atoms with Gasteiger partial charge in [0.1, 0.15) is 0 Å². The van der Waals surface area contributed by atoms with E-state index < -0.39 is 0 Å². The fourth-order valence-corrected chi connectivity index (χ4v) is 4.21. The summed E-state index contributed by atoms with van der Waals surface area (Å²) in [5, 5.41) is 11.1. The summed E-state index contributed by atoms with van der Waals surface area (Å²) in [6, 6.07) is 6.79. The van der Waals surface area contributed by atoms with Crippen LogP contribution >= 0.6 is 0 Å². The normalized spacial score (nSPS) is 21.2. The molecule has 5 heteroatoms. The molecule has 1 amide bonds. The highest BCUT2D eigenvalue weighted by Gasteiger charge is 2.26. The number of aromatic amines is 1. The molecule has 4 rings (SSSR count). The van der Waals surface area contributed by atoms with E-state index in [1.165, 1.54) is 32.1 Å². The third-order valence-electron chi connectivity index (χ3n) is 5.66. The maximum atomic E-state index is 12.5. The second kappa shape index (κ2) is 6.93. The van der Waals surface area contributed by atoms with Crippen LogP contribution in [0.15, 0.2) is 24.4 Å². The smallest absolute Gasteiger partial charge is 0.251 e. The van der Waals surface area contributed by atoms with Crippen LogP contribution in [0, 0.1) is 0 Å². The summed E-state index contributed by atoms with van der Waals surface area (Å²) >= 11 is 0. The van der Waals surface area contributed by atoms with Gasteiger partial charge in [0, 0.05) is 36.1 Å². The molecule has 1 aromatic heterocycles. The van der Waals surface area contributed by atoms with Gasteiger partial charge >= 0.3 is 0 Å². The molecule has 0 bridgehead atoms. The van der Waals surface area contributed by atoms with E-state index in [2.05, 4.69) is 20.4 Å². The number of piperidine rings is 1. The first kappa shape index (κ1) is 15.6. The second-order valence-electron chi connectivity index (χ2n) is 7.25. The lowest BCUT2D eigenvalue weighted by Gasteiger charge is -2.39. The van der Waals surface area contributed by atoms with Crippen LogP contribution in [0.4, 0.5) is 0 Å². The van der Waals surface area contributed by atoms with Gasteiger partial charge in [-0.15, -0.1) is 0 Å². The molecule has 2 aliphatic rings. The van der Waals surface area contributed by atoms with Gasteiger partial charge in [0.05, 0.1) is 11.7 Å². The van der Waals surface area contributed by atoms with Gasteiger partial charge in [-0.05, 0) is 43.9 Å². The molecule has 1 aromatic carbocycles. The van der Waals surface area contributed by atoms with Crippen molar-refractivity contribution in [2.45, 2.75) is 57.0 Å². The molecule has 1 aliphatic carbocycles. The van der Waals surface area contributed by atoms with E-state index in [-0.39, 0.29) is 5.91 Å². The Morgan fingerprint density at radius 2 is 1.92 bits per heavy atom. The second-order valence-corrected chi connectivity index (χ2v) is 7.25. The van der Waals surface area contributed by atoms with Crippen molar-refractivity contribution in [3.05, 3.63) is 30.0 Å². The maximum Gasteiger partial charge on any atom is 0.251 e. The SMILES string of the molecule is O=C(NC1CCN(C2CCCCC2)CC1)c1ccc2[nH]ncc2c1. The Balaban J connectivity index is 1.32. The molecule has 2 heterocycles. The van der Waals surface area contributed by atoms with Gasteiger partial charge in [0.2, 0.25) is 0 Å². The van der Waals surface area contributed by atoms with Crippen molar-refractivity contribution in [1.29, 1.82) is 0 Å². The van der Waals surface area contributed by atoms with E-state index in [9.17, 15) is 4.79 Å². The molecule has 24 heavy (non-hydrogen) atoms. The lowest BCUT2D eigenvalue weighted by atomic mass is 9.92. The number of fused-ring (bicyclic) bond motifs is 1. The number of hydrogen-bond donors (Lipinski definition) is 2. The zero-order chi connectivity index (χ0) is 16.4. The number of nitrogens with zero attached hydrogens (tertiary/aromatic N) is 2. The van der Waals surface area contributed by atoms with Gasteiger partial charge in [-0.3, -0.25) is 9.89 Å². The van der Waals surface area contributed by atoms with Crippen molar-refractivity contribution in [3.8, 4) is 0 Å². The molecule has 1 saturated carbocycles. The Morgan fingerprint density at radius 3 is 2.71 bits per heavy atom. The van der Waals surface area contributed by atoms with Crippen molar-refractivity contribution in [1.82, 2.24) is 20.4 Å². The molecule has 0 unspecified atom stereocenters. The Bertz CT molecular complexity index is 696. The van der Waals surface area contributed by atoms with Crippen molar-refractivity contribution in [2.24, 2.45) is 0 Å². The third-order valence-corrected chi connectivity index (χ3v) is 5.66. The average Bonchev–Trinajstić information content (AvgIpc) is 3.11. The zero-order valence-corrected chi connectivity index (χ0v) is 14.1. The standard InChI is InChI=1S/C19H26N4O/c24-19(14-6-7-18-15(12-14)13-20-22-18)21-16-8-10-23(11-9-16)17-4-2-1-3-5-17/h6-7,12-13,16-17H,1-5,8-11H2,(H,20,22)(H,21,24). The highest BCUT2D eigenvalue weighted by Crippen LogP contribution is 2.25. The van der Waals surface area contributed by atoms with E-state index in [4.69, 9.17) is 0 Å². The molecular weight excluding hydrogens is 300 g/mol. The highest BCUT2D eigenvalue weighted by atomic mass is 16.1. The van der Waals surface area contributed by atoms with Gasteiger partial charge in [-0.1, -0.05) is 19.3 Å². The maximum absolute atomic E-state index is 12.5. The Labute approximate surface area is 142 Å². The van der Waals surface area contributed by atoms with Crippen LogP contribution in [-0.4, -0.2) is 46.2 Å². The van der Waals surface area contributed by atoms with Crippen LogP contribution < -0.4 is 5.32 Å². The van der Waals surface area contributed by atoms with Crippen molar-refractivity contribution >= 4 is 16.8 Å². The minimum absolute atomic E-state index is 0.0363. The Kier molecular flexibility index (Phi) is 4.52. The quantitative estimate of drug-likeness (QED) is 0.911. The van der Waals surface area contributed by atoms with E-state index in [1.54, 1.807) is 6.20 Å². The van der Waals surface area contributed by atoms with Crippen LogP contribution in [0.25, 0.3) is 10.9 Å². The van der Waals surface area contributed by atoms with E-state index in [1.807, 2.05) is 18.2 Å². The number of nitrogens with one attached hydrogen (secondary N) is 2. The number of hydrogen-bond acceptors (Lipinski definition) is 3. The molecular formula is C19H26N4O. The summed E-state index contributed by atoms with van der Waals surface area (Å²) in [6.45, 7) is 2.24. The molecule has 1 aliphatic heterocycles. The fraction of sp³-hybridized carbons (Fsp3) is 0.579. The van der Waals surface area contributed by atoms with Crippen molar-refractivity contribution in [3.63, 3.8) is 0 Å². The number of carbonyl (C=O) groups excluding carboxylic acids is 1. The number of benzene rings is 1. The van der Waals surface area contributed by atoms with E-state index in [0.29, 0.717) is 6.04 Å². The first-order valence-electron chi connectivity index (χ1n) is 9.27. The fourth-order valence-electron chi connectivity index (χ4n) is 4.21. The van der Waals surface area contributed by atoms with Gasteiger partial charge in [-0.25, -0.2) is 0 Å². The highest BCUT2D eigenvalue weighted by molar-refractivity contribution is 5.98. The van der Waals surface area contributed by atoms with Crippen LogP contribution in [0.1, 0.15) is 55.3 Å². The topological polar surface area (TPSA) is 61.0 Å². The number of aromatic nitrogens is 2. The molecule has 2 N–H and O–H groups in total. The summed E-state index contributed by atoms with van der Waals surface area (Å²) in [5.41, 5.74) is 1.69. The van der Waals surface area contributed by atoms with E-state index in [0.717, 1.165) is 48.4 Å². The molecule has 2 fully saturated rings. The predicted molar refractivity (Wildman–Crippen MR) is 95.0 cm³/mol. The summed E-state index contributed by atoms with van der Waals surface area (Å²) in [4.78, 5) is 15.2. The minimum Gasteiger partial charge on any atom is -0.349 e. The largest absolute Gasteiger partial charge is 0.349 e. The van der Waals surface area contributed by atoms with Gasteiger partial charge in [0.25, 0.3) is 5.91 Å².